The number of carbonyl (C=O) groups is 1. The van der Waals surface area contributed by atoms with Crippen LogP contribution in [0.25, 0.3) is 11.3 Å². The van der Waals surface area contributed by atoms with Crippen LogP contribution in [0.5, 0.6) is 5.88 Å². The van der Waals surface area contributed by atoms with Gasteiger partial charge < -0.3 is 14.7 Å². The molecule has 1 aliphatic rings. The molecule has 1 aromatic heterocycles. The lowest BCUT2D eigenvalue weighted by atomic mass is 10.1. The fraction of sp³-hybridized carbons (Fsp3) is 0.421. The van der Waals surface area contributed by atoms with E-state index < -0.39 is 17.6 Å². The topological polar surface area (TPSA) is 75.5 Å². The third-order valence-electron chi connectivity index (χ3n) is 4.35. The summed E-state index contributed by atoms with van der Waals surface area (Å²) in [5, 5.41) is 8.89. The highest BCUT2D eigenvalue weighted by atomic mass is 19.1. The number of carboxylic acids is 1. The zero-order valence-electron chi connectivity index (χ0n) is 15.2. The Morgan fingerprint density at radius 3 is 2.67 bits per heavy atom. The molecule has 1 aliphatic heterocycles. The summed E-state index contributed by atoms with van der Waals surface area (Å²) in [5.74, 6) is -2.16. The molecule has 0 spiro atoms. The first-order valence-corrected chi connectivity index (χ1v) is 8.78. The summed E-state index contributed by atoms with van der Waals surface area (Å²) in [6.07, 6.45) is 3.35. The van der Waals surface area contributed by atoms with Crippen molar-refractivity contribution in [1.82, 2.24) is 9.97 Å². The van der Waals surface area contributed by atoms with Crippen LogP contribution in [-0.2, 0) is 4.79 Å². The molecular weight excluding hydrogens is 356 g/mol. The number of aliphatic carboxylic acids is 1. The number of nitrogens with zero attached hydrogens (tertiary/aromatic N) is 3. The van der Waals surface area contributed by atoms with Crippen LogP contribution in [-0.4, -0.2) is 40.2 Å². The van der Waals surface area contributed by atoms with E-state index in [1.54, 1.807) is 4.90 Å². The van der Waals surface area contributed by atoms with Crippen molar-refractivity contribution in [1.29, 1.82) is 0 Å². The Kier molecular flexibility index (Phi) is 5.53. The molecule has 8 heteroatoms. The third-order valence-corrected chi connectivity index (χ3v) is 4.35. The molecule has 144 valence electrons. The van der Waals surface area contributed by atoms with Crippen LogP contribution >= 0.6 is 0 Å². The minimum Gasteiger partial charge on any atom is -0.481 e. The van der Waals surface area contributed by atoms with E-state index in [2.05, 4.69) is 9.97 Å². The minimum absolute atomic E-state index is 0.00391. The zero-order chi connectivity index (χ0) is 19.6. The van der Waals surface area contributed by atoms with Gasteiger partial charge in [0.2, 0.25) is 5.88 Å². The number of halogens is 2. The standard InChI is InChI=1S/C19H21F2N3O3/c1-11(2)27-17-9-22-8-16(23-17)13-6-14(20)19(15(21)7-13)24-4-3-12(10-24)5-18(25)26/h6-9,11-12H,3-5,10H2,1-2H3,(H,25,26). The van der Waals surface area contributed by atoms with Crippen molar-refractivity contribution in [3.63, 3.8) is 0 Å². The molecule has 0 saturated carbocycles. The summed E-state index contributed by atoms with van der Waals surface area (Å²) in [7, 11) is 0. The van der Waals surface area contributed by atoms with Gasteiger partial charge in [-0.05, 0) is 38.3 Å². The minimum atomic E-state index is -0.903. The predicted molar refractivity (Wildman–Crippen MR) is 95.7 cm³/mol. The Balaban J connectivity index is 1.85. The molecule has 0 aliphatic carbocycles. The highest BCUT2D eigenvalue weighted by Crippen LogP contribution is 2.33. The quantitative estimate of drug-likeness (QED) is 0.830. The molecule has 2 aromatic rings. The lowest BCUT2D eigenvalue weighted by Crippen LogP contribution is -2.23. The van der Waals surface area contributed by atoms with E-state index in [4.69, 9.17) is 9.84 Å². The molecule has 1 fully saturated rings. The molecule has 1 atom stereocenters. The van der Waals surface area contributed by atoms with Crippen LogP contribution in [0.2, 0.25) is 0 Å². The SMILES string of the molecule is CC(C)Oc1cncc(-c2cc(F)c(N3CCC(CC(=O)O)C3)c(F)c2)n1. The number of benzene rings is 1. The van der Waals surface area contributed by atoms with E-state index in [0.717, 1.165) is 0 Å². The highest BCUT2D eigenvalue weighted by molar-refractivity contribution is 5.68. The van der Waals surface area contributed by atoms with Crippen molar-refractivity contribution in [3.05, 3.63) is 36.2 Å². The van der Waals surface area contributed by atoms with Gasteiger partial charge in [-0.15, -0.1) is 0 Å². The zero-order valence-corrected chi connectivity index (χ0v) is 15.2. The molecule has 0 radical (unpaired) electrons. The van der Waals surface area contributed by atoms with Crippen LogP contribution in [0, 0.1) is 17.6 Å². The van der Waals surface area contributed by atoms with Gasteiger partial charge in [-0.1, -0.05) is 0 Å². The molecule has 1 N–H and O–H groups in total. The largest absolute Gasteiger partial charge is 0.481 e. The Morgan fingerprint density at radius 1 is 1.33 bits per heavy atom. The van der Waals surface area contributed by atoms with E-state index in [-0.39, 0.29) is 35.6 Å². The molecule has 6 nitrogen and oxygen atoms in total. The van der Waals surface area contributed by atoms with Crippen LogP contribution in [0.1, 0.15) is 26.7 Å². The lowest BCUT2D eigenvalue weighted by molar-refractivity contribution is -0.137. The van der Waals surface area contributed by atoms with Crippen LogP contribution in [0.15, 0.2) is 24.5 Å². The van der Waals surface area contributed by atoms with Gasteiger partial charge in [0, 0.05) is 25.1 Å². The first-order valence-electron chi connectivity index (χ1n) is 8.78. The molecule has 1 aromatic carbocycles. The van der Waals surface area contributed by atoms with E-state index >= 15 is 0 Å². The summed E-state index contributed by atoms with van der Waals surface area (Å²) < 4.78 is 34.8. The molecule has 1 saturated heterocycles. The monoisotopic (exact) mass is 377 g/mol. The second-order valence-electron chi connectivity index (χ2n) is 6.90. The lowest BCUT2D eigenvalue weighted by Gasteiger charge is -2.20. The third kappa shape index (κ3) is 4.50. The predicted octanol–water partition coefficient (Wildman–Crippen LogP) is 3.51. The van der Waals surface area contributed by atoms with Crippen molar-refractivity contribution in [2.45, 2.75) is 32.8 Å². The fourth-order valence-corrected chi connectivity index (χ4v) is 3.25. The van der Waals surface area contributed by atoms with Gasteiger partial charge in [-0.3, -0.25) is 9.78 Å². The Bertz CT molecular complexity index is 822. The first-order chi connectivity index (χ1) is 12.8. The number of anilines is 1. The van der Waals surface area contributed by atoms with Crippen molar-refractivity contribution in [2.24, 2.45) is 5.92 Å². The van der Waals surface area contributed by atoms with Gasteiger partial charge >= 0.3 is 5.97 Å². The van der Waals surface area contributed by atoms with Crippen molar-refractivity contribution >= 4 is 11.7 Å². The Labute approximate surface area is 155 Å². The van der Waals surface area contributed by atoms with Gasteiger partial charge in [-0.25, -0.2) is 13.8 Å². The van der Waals surface area contributed by atoms with Crippen LogP contribution in [0.4, 0.5) is 14.5 Å². The number of hydrogen-bond donors (Lipinski definition) is 1. The summed E-state index contributed by atoms with van der Waals surface area (Å²) in [6, 6.07) is 2.43. The number of aromatic nitrogens is 2. The van der Waals surface area contributed by atoms with E-state index in [9.17, 15) is 13.6 Å². The maximum atomic E-state index is 14.7. The molecule has 0 amide bonds. The normalized spacial score (nSPS) is 16.8. The van der Waals surface area contributed by atoms with Gasteiger partial charge in [0.25, 0.3) is 0 Å². The number of rotatable bonds is 6. The highest BCUT2D eigenvalue weighted by Gasteiger charge is 2.28. The van der Waals surface area contributed by atoms with E-state index in [1.165, 1.54) is 24.5 Å². The van der Waals surface area contributed by atoms with Gasteiger partial charge in [0.15, 0.2) is 0 Å². The Morgan fingerprint density at radius 2 is 2.04 bits per heavy atom. The molecule has 2 heterocycles. The maximum Gasteiger partial charge on any atom is 0.303 e. The molecular formula is C19H21F2N3O3. The molecule has 27 heavy (non-hydrogen) atoms. The average molecular weight is 377 g/mol. The number of carboxylic acid groups (broad SMARTS) is 1. The summed E-state index contributed by atoms with van der Waals surface area (Å²) >= 11 is 0. The average Bonchev–Trinajstić information content (AvgIpc) is 3.01. The van der Waals surface area contributed by atoms with Crippen LogP contribution in [0.3, 0.4) is 0 Å². The summed E-state index contributed by atoms with van der Waals surface area (Å²) in [5.41, 5.74) is 0.439. The second kappa shape index (κ2) is 7.85. The van der Waals surface area contributed by atoms with Crippen molar-refractivity contribution < 1.29 is 23.4 Å². The number of hydrogen-bond acceptors (Lipinski definition) is 5. The van der Waals surface area contributed by atoms with Crippen LogP contribution < -0.4 is 9.64 Å². The second-order valence-corrected chi connectivity index (χ2v) is 6.90. The summed E-state index contributed by atoms with van der Waals surface area (Å²) in [4.78, 5) is 20.7. The van der Waals surface area contributed by atoms with Gasteiger partial charge in [0.05, 0.1) is 24.2 Å². The molecule has 1 unspecified atom stereocenters. The Hall–Kier alpha value is -2.77. The maximum absolute atomic E-state index is 14.7. The van der Waals surface area contributed by atoms with Gasteiger partial charge in [0.1, 0.15) is 17.3 Å². The smallest absolute Gasteiger partial charge is 0.303 e. The first kappa shape index (κ1) is 19.0. The van der Waals surface area contributed by atoms with Crippen molar-refractivity contribution in [2.75, 3.05) is 18.0 Å². The molecule has 3 rings (SSSR count). The molecule has 0 bridgehead atoms. The van der Waals surface area contributed by atoms with Gasteiger partial charge in [-0.2, -0.15) is 0 Å². The van der Waals surface area contributed by atoms with Crippen molar-refractivity contribution in [3.8, 4) is 17.1 Å². The number of ether oxygens (including phenoxy) is 1. The van der Waals surface area contributed by atoms with E-state index in [0.29, 0.717) is 25.2 Å². The van der Waals surface area contributed by atoms with E-state index in [1.807, 2.05) is 13.8 Å². The summed E-state index contributed by atoms with van der Waals surface area (Å²) in [6.45, 7) is 4.42. The fourth-order valence-electron chi connectivity index (χ4n) is 3.25.